The third-order valence-corrected chi connectivity index (χ3v) is 6.04. The summed E-state index contributed by atoms with van der Waals surface area (Å²) in [5.41, 5.74) is 4.70. The van der Waals surface area contributed by atoms with Gasteiger partial charge in [-0.15, -0.1) is 0 Å². The van der Waals surface area contributed by atoms with Crippen LogP contribution in [0.4, 0.5) is 4.79 Å². The summed E-state index contributed by atoms with van der Waals surface area (Å²) in [7, 11) is 0. The zero-order valence-electron chi connectivity index (χ0n) is 16.7. The molecule has 2 N–H and O–H groups in total. The van der Waals surface area contributed by atoms with E-state index in [1.165, 1.54) is 17.2 Å². The van der Waals surface area contributed by atoms with Crippen molar-refractivity contribution in [1.82, 2.24) is 5.32 Å². The number of carboxylic acids is 1. The molecular formula is C25H21NO5. The SMILES string of the molecule is O=C(NC1(c2cccc(C(=O)O)c2)COC1)OCC1c2ccccc2-c2ccccc21. The van der Waals surface area contributed by atoms with E-state index in [2.05, 4.69) is 29.6 Å². The van der Waals surface area contributed by atoms with Gasteiger partial charge in [-0.2, -0.15) is 0 Å². The lowest BCUT2D eigenvalue weighted by atomic mass is 9.87. The zero-order chi connectivity index (χ0) is 21.4. The minimum atomic E-state index is -1.02. The highest BCUT2D eigenvalue weighted by atomic mass is 16.6. The van der Waals surface area contributed by atoms with Crippen LogP contribution in [0.1, 0.15) is 33.0 Å². The fourth-order valence-electron chi connectivity index (χ4n) is 4.40. The van der Waals surface area contributed by atoms with Gasteiger partial charge in [0.05, 0.1) is 18.8 Å². The summed E-state index contributed by atoms with van der Waals surface area (Å²) in [6.45, 7) is 0.743. The van der Waals surface area contributed by atoms with E-state index in [0.717, 1.165) is 11.1 Å². The molecule has 3 aromatic rings. The van der Waals surface area contributed by atoms with Crippen molar-refractivity contribution in [1.29, 1.82) is 0 Å². The number of ether oxygens (including phenoxy) is 2. The molecule has 0 atom stereocenters. The Morgan fingerprint density at radius 2 is 1.61 bits per heavy atom. The van der Waals surface area contributed by atoms with Crippen LogP contribution in [0.25, 0.3) is 11.1 Å². The number of carboxylic acid groups (broad SMARTS) is 1. The van der Waals surface area contributed by atoms with Crippen LogP contribution < -0.4 is 5.32 Å². The van der Waals surface area contributed by atoms with E-state index in [1.807, 2.05) is 24.3 Å². The molecule has 0 spiro atoms. The van der Waals surface area contributed by atoms with Crippen LogP contribution in [0.3, 0.4) is 0 Å². The van der Waals surface area contributed by atoms with E-state index in [9.17, 15) is 14.7 Å². The van der Waals surface area contributed by atoms with Gasteiger partial charge in [0.1, 0.15) is 12.1 Å². The van der Waals surface area contributed by atoms with Gasteiger partial charge in [-0.25, -0.2) is 9.59 Å². The number of hydrogen-bond donors (Lipinski definition) is 2. The standard InChI is InChI=1S/C25H21NO5/c27-23(28)16-6-5-7-17(12-16)25(14-30-15-25)26-24(29)31-13-22-20-10-3-1-8-18(20)19-9-2-4-11-21(19)22/h1-12,22H,13-15H2,(H,26,29)(H,27,28). The molecule has 0 radical (unpaired) electrons. The average molecular weight is 415 g/mol. The number of fused-ring (bicyclic) bond motifs is 3. The Kier molecular flexibility index (Phi) is 4.71. The number of benzene rings is 3. The molecule has 0 unspecified atom stereocenters. The maximum Gasteiger partial charge on any atom is 0.408 e. The van der Waals surface area contributed by atoms with Crippen molar-refractivity contribution in [2.45, 2.75) is 11.5 Å². The lowest BCUT2D eigenvalue weighted by molar-refractivity contribution is -0.0760. The summed E-state index contributed by atoms with van der Waals surface area (Å²) in [6.07, 6.45) is -0.550. The Bertz CT molecular complexity index is 1120. The molecule has 2 aliphatic rings. The number of nitrogens with one attached hydrogen (secondary N) is 1. The minimum Gasteiger partial charge on any atom is -0.478 e. The Hall–Kier alpha value is -3.64. The summed E-state index contributed by atoms with van der Waals surface area (Å²) in [4.78, 5) is 24.0. The fourth-order valence-corrected chi connectivity index (χ4v) is 4.40. The van der Waals surface area contributed by atoms with Crippen molar-refractivity contribution >= 4 is 12.1 Å². The van der Waals surface area contributed by atoms with Gasteiger partial charge in [-0.1, -0.05) is 60.7 Å². The summed E-state index contributed by atoms with van der Waals surface area (Å²) >= 11 is 0. The van der Waals surface area contributed by atoms with E-state index in [4.69, 9.17) is 9.47 Å². The molecule has 6 heteroatoms. The lowest BCUT2D eigenvalue weighted by Gasteiger charge is -2.42. The molecule has 156 valence electrons. The highest BCUT2D eigenvalue weighted by Crippen LogP contribution is 2.44. The Balaban J connectivity index is 1.32. The maximum absolute atomic E-state index is 12.7. The largest absolute Gasteiger partial charge is 0.478 e. The molecule has 6 nitrogen and oxygen atoms in total. The van der Waals surface area contributed by atoms with Gasteiger partial charge in [0.2, 0.25) is 0 Å². The van der Waals surface area contributed by atoms with Crippen molar-refractivity contribution in [2.24, 2.45) is 0 Å². The molecule has 0 bridgehead atoms. The second-order valence-electron chi connectivity index (χ2n) is 7.91. The second-order valence-corrected chi connectivity index (χ2v) is 7.91. The zero-order valence-corrected chi connectivity index (χ0v) is 16.7. The molecular weight excluding hydrogens is 394 g/mol. The van der Waals surface area contributed by atoms with Gasteiger partial charge in [-0.05, 0) is 39.9 Å². The van der Waals surface area contributed by atoms with Gasteiger partial charge in [0.15, 0.2) is 0 Å². The number of carbonyl (C=O) groups excluding carboxylic acids is 1. The number of aromatic carboxylic acids is 1. The highest BCUT2D eigenvalue weighted by molar-refractivity contribution is 5.88. The van der Waals surface area contributed by atoms with E-state index in [-0.39, 0.29) is 31.3 Å². The fraction of sp³-hybridized carbons (Fsp3) is 0.200. The van der Waals surface area contributed by atoms with Gasteiger partial charge in [0, 0.05) is 5.92 Å². The molecule has 1 saturated heterocycles. The van der Waals surface area contributed by atoms with E-state index < -0.39 is 17.6 Å². The first-order valence-corrected chi connectivity index (χ1v) is 10.1. The summed E-state index contributed by atoms with van der Waals surface area (Å²) in [5.74, 6) is -1.04. The first kappa shape index (κ1) is 19.3. The first-order valence-electron chi connectivity index (χ1n) is 10.1. The van der Waals surface area contributed by atoms with Gasteiger partial charge >= 0.3 is 12.1 Å². The summed E-state index contributed by atoms with van der Waals surface area (Å²) in [6, 6.07) is 22.9. The maximum atomic E-state index is 12.7. The van der Waals surface area contributed by atoms with E-state index in [1.54, 1.807) is 18.2 Å². The summed E-state index contributed by atoms with van der Waals surface area (Å²) in [5, 5.41) is 12.2. The summed E-state index contributed by atoms with van der Waals surface area (Å²) < 4.78 is 11.0. The van der Waals surface area contributed by atoms with Crippen molar-refractivity contribution in [3.8, 4) is 11.1 Å². The lowest BCUT2D eigenvalue weighted by Crippen LogP contribution is -2.59. The Morgan fingerprint density at radius 3 is 2.19 bits per heavy atom. The van der Waals surface area contributed by atoms with Crippen molar-refractivity contribution in [3.63, 3.8) is 0 Å². The van der Waals surface area contributed by atoms with Crippen LogP contribution in [-0.2, 0) is 15.0 Å². The third-order valence-electron chi connectivity index (χ3n) is 6.04. The minimum absolute atomic E-state index is 0.0259. The molecule has 0 saturated carbocycles. The van der Waals surface area contributed by atoms with Crippen LogP contribution in [0.5, 0.6) is 0 Å². The predicted molar refractivity (Wildman–Crippen MR) is 114 cm³/mol. The van der Waals surface area contributed by atoms with Gasteiger partial charge in [0.25, 0.3) is 0 Å². The van der Waals surface area contributed by atoms with Crippen molar-refractivity contribution in [2.75, 3.05) is 19.8 Å². The van der Waals surface area contributed by atoms with E-state index in [0.29, 0.717) is 5.56 Å². The third kappa shape index (κ3) is 3.35. The number of rotatable bonds is 5. The Morgan fingerprint density at radius 1 is 0.968 bits per heavy atom. The molecule has 1 aliphatic carbocycles. The molecule has 1 aliphatic heterocycles. The quantitative estimate of drug-likeness (QED) is 0.654. The smallest absolute Gasteiger partial charge is 0.408 e. The number of amides is 1. The van der Waals surface area contributed by atoms with Crippen LogP contribution in [0, 0.1) is 0 Å². The monoisotopic (exact) mass is 415 g/mol. The van der Waals surface area contributed by atoms with Crippen molar-refractivity contribution in [3.05, 3.63) is 95.1 Å². The number of alkyl carbamates (subject to hydrolysis) is 1. The predicted octanol–water partition coefficient (Wildman–Crippen LogP) is 4.15. The molecule has 31 heavy (non-hydrogen) atoms. The molecule has 5 rings (SSSR count). The normalized spacial score (nSPS) is 16.0. The first-order chi connectivity index (χ1) is 15.1. The Labute approximate surface area is 179 Å². The molecule has 1 heterocycles. The number of hydrogen-bond acceptors (Lipinski definition) is 4. The highest BCUT2D eigenvalue weighted by Gasteiger charge is 2.43. The molecule has 1 amide bonds. The molecule has 3 aromatic carbocycles. The van der Waals surface area contributed by atoms with Crippen LogP contribution >= 0.6 is 0 Å². The topological polar surface area (TPSA) is 84.9 Å². The van der Waals surface area contributed by atoms with Gasteiger partial charge in [-0.3, -0.25) is 0 Å². The van der Waals surface area contributed by atoms with E-state index >= 15 is 0 Å². The van der Waals surface area contributed by atoms with Crippen molar-refractivity contribution < 1.29 is 24.2 Å². The van der Waals surface area contributed by atoms with Crippen LogP contribution in [0.15, 0.2) is 72.8 Å². The van der Waals surface area contributed by atoms with Crippen LogP contribution in [0.2, 0.25) is 0 Å². The molecule has 1 fully saturated rings. The average Bonchev–Trinajstić information content (AvgIpc) is 3.09. The second kappa shape index (κ2) is 7.56. The molecule has 0 aromatic heterocycles. The van der Waals surface area contributed by atoms with Crippen LogP contribution in [-0.4, -0.2) is 37.0 Å². The van der Waals surface area contributed by atoms with Gasteiger partial charge < -0.3 is 19.9 Å². The number of carbonyl (C=O) groups is 2.